The molecule has 1 N–H and O–H groups in total. The van der Waals surface area contributed by atoms with Gasteiger partial charge in [0.25, 0.3) is 0 Å². The Morgan fingerprint density at radius 3 is 2.45 bits per heavy atom. The number of aliphatic hydroxyl groups is 1. The van der Waals surface area contributed by atoms with Gasteiger partial charge in [0.05, 0.1) is 37.5 Å². The van der Waals surface area contributed by atoms with Crippen LogP contribution in [0.5, 0.6) is 0 Å². The van der Waals surface area contributed by atoms with Crippen molar-refractivity contribution < 1.29 is 18.7 Å². The quantitative estimate of drug-likeness (QED) is 0.392. The maximum atomic E-state index is 12.2. The molecule has 1 aromatic heterocycles. The number of nitrogens with zero attached hydrogens (tertiary/aromatic N) is 3. The van der Waals surface area contributed by atoms with Crippen molar-refractivity contribution >= 4 is 0 Å². The van der Waals surface area contributed by atoms with E-state index in [0.29, 0.717) is 24.0 Å². The lowest BCUT2D eigenvalue weighted by Crippen LogP contribution is -2.63. The largest absolute Gasteiger partial charge is 0.436 e. The number of nitriles is 1. The third kappa shape index (κ3) is 4.91. The van der Waals surface area contributed by atoms with E-state index >= 15 is 0 Å². The molecule has 2 aromatic carbocycles. The molecule has 7 rings (SSSR count). The summed E-state index contributed by atoms with van der Waals surface area (Å²) in [5, 5.41) is 21.2. The zero-order valence-corrected chi connectivity index (χ0v) is 22.1. The molecule has 2 atom stereocenters. The first-order valence-electron chi connectivity index (χ1n) is 14.3. The SMILES string of the molecule is N#Cc1ccc(COC2C[N+]3(Cc4cnc([C@](O)(c5ccccc5)C5CCCCC5)o4)CCC2CC3)cc1. The molecule has 6 heteroatoms. The summed E-state index contributed by atoms with van der Waals surface area (Å²) in [6.07, 6.45) is 9.88. The predicted molar refractivity (Wildman–Crippen MR) is 144 cm³/mol. The van der Waals surface area contributed by atoms with Gasteiger partial charge in [0.1, 0.15) is 19.2 Å². The third-order valence-corrected chi connectivity index (χ3v) is 9.37. The van der Waals surface area contributed by atoms with Crippen molar-refractivity contribution in [2.24, 2.45) is 11.8 Å². The summed E-state index contributed by atoms with van der Waals surface area (Å²) < 4.78 is 13.9. The highest BCUT2D eigenvalue weighted by Gasteiger charge is 2.48. The fraction of sp³-hybridized carbons (Fsp3) is 0.500. The van der Waals surface area contributed by atoms with Gasteiger partial charge >= 0.3 is 0 Å². The molecule has 3 aliphatic heterocycles. The van der Waals surface area contributed by atoms with Crippen molar-refractivity contribution in [1.82, 2.24) is 4.98 Å². The molecule has 0 spiro atoms. The number of oxazole rings is 1. The van der Waals surface area contributed by atoms with Gasteiger partial charge in [-0.1, -0.05) is 61.7 Å². The van der Waals surface area contributed by atoms with Crippen LogP contribution in [0.25, 0.3) is 0 Å². The Hall–Kier alpha value is -2.98. The number of hydrogen-bond acceptors (Lipinski definition) is 5. The van der Waals surface area contributed by atoms with E-state index in [2.05, 4.69) is 6.07 Å². The summed E-state index contributed by atoms with van der Waals surface area (Å²) >= 11 is 0. The Labute approximate surface area is 225 Å². The first-order chi connectivity index (χ1) is 18.6. The van der Waals surface area contributed by atoms with E-state index in [0.717, 1.165) is 86.1 Å². The zero-order valence-electron chi connectivity index (χ0n) is 22.1. The molecule has 0 amide bonds. The molecule has 3 saturated heterocycles. The summed E-state index contributed by atoms with van der Waals surface area (Å²) in [5.74, 6) is 2.02. The van der Waals surface area contributed by atoms with Crippen LogP contribution in [0, 0.1) is 23.2 Å². The maximum absolute atomic E-state index is 12.2. The lowest BCUT2D eigenvalue weighted by molar-refractivity contribution is -0.959. The van der Waals surface area contributed by atoms with E-state index in [1.807, 2.05) is 60.8 Å². The molecule has 4 heterocycles. The molecule has 3 aromatic rings. The highest BCUT2D eigenvalue weighted by Crippen LogP contribution is 2.44. The van der Waals surface area contributed by atoms with Crippen molar-refractivity contribution in [3.05, 3.63) is 89.1 Å². The first-order valence-corrected chi connectivity index (χ1v) is 14.3. The van der Waals surface area contributed by atoms with Gasteiger partial charge in [-0.05, 0) is 36.1 Å². The molecule has 1 saturated carbocycles. The second kappa shape index (κ2) is 10.6. The van der Waals surface area contributed by atoms with Gasteiger partial charge in [-0.15, -0.1) is 0 Å². The standard InChI is InChI=1S/C32H38N3O3/c33-19-24-11-13-25(14-12-24)23-37-30-22-35(17-15-26(30)16-18-35)21-29-20-34-31(38-29)32(36,27-7-3-1-4-8-27)28-9-5-2-6-10-28/h1,3-4,7-8,11-14,20,26,28,30,36H,2,5-6,9-10,15-18,21-23H2/q+1/t26?,30?,32-,35?/m0/s1. The number of aromatic nitrogens is 1. The van der Waals surface area contributed by atoms with Gasteiger partial charge in [0, 0.05) is 24.7 Å². The Morgan fingerprint density at radius 2 is 1.74 bits per heavy atom. The molecule has 198 valence electrons. The maximum Gasteiger partial charge on any atom is 0.231 e. The van der Waals surface area contributed by atoms with Crippen molar-refractivity contribution in [2.45, 2.75) is 69.8 Å². The highest BCUT2D eigenvalue weighted by molar-refractivity contribution is 5.31. The second-order valence-electron chi connectivity index (χ2n) is 11.7. The van der Waals surface area contributed by atoms with Crippen molar-refractivity contribution in [3.63, 3.8) is 0 Å². The van der Waals surface area contributed by atoms with Crippen LogP contribution >= 0.6 is 0 Å². The van der Waals surface area contributed by atoms with Gasteiger partial charge in [-0.3, -0.25) is 0 Å². The minimum atomic E-state index is -1.19. The van der Waals surface area contributed by atoms with Gasteiger partial charge in [-0.25, -0.2) is 4.98 Å². The summed E-state index contributed by atoms with van der Waals surface area (Å²) in [4.78, 5) is 4.71. The van der Waals surface area contributed by atoms with E-state index < -0.39 is 5.60 Å². The molecule has 4 fully saturated rings. The van der Waals surface area contributed by atoms with Crippen LogP contribution in [0.2, 0.25) is 0 Å². The van der Waals surface area contributed by atoms with E-state index in [4.69, 9.17) is 19.4 Å². The normalized spacial score (nSPS) is 27.1. The molecular formula is C32H38N3O3+. The minimum absolute atomic E-state index is 0.114. The molecule has 38 heavy (non-hydrogen) atoms. The van der Waals surface area contributed by atoms with Crippen LogP contribution in [0.1, 0.15) is 73.3 Å². The van der Waals surface area contributed by atoms with Crippen LogP contribution in [-0.4, -0.2) is 40.3 Å². The summed E-state index contributed by atoms with van der Waals surface area (Å²) in [6, 6.07) is 19.8. The molecule has 2 bridgehead atoms. The van der Waals surface area contributed by atoms with Crippen molar-refractivity contribution in [3.8, 4) is 6.07 Å². The van der Waals surface area contributed by atoms with Crippen LogP contribution in [0.3, 0.4) is 0 Å². The van der Waals surface area contributed by atoms with Gasteiger partial charge in [-0.2, -0.15) is 5.26 Å². The molecular weight excluding hydrogens is 474 g/mol. The van der Waals surface area contributed by atoms with E-state index in [-0.39, 0.29) is 12.0 Å². The number of fused-ring (bicyclic) bond motifs is 3. The highest BCUT2D eigenvalue weighted by atomic mass is 16.5. The lowest BCUT2D eigenvalue weighted by Gasteiger charge is -2.52. The molecule has 6 nitrogen and oxygen atoms in total. The number of rotatable bonds is 8. The molecule has 1 unspecified atom stereocenters. The Balaban J connectivity index is 1.18. The average Bonchev–Trinajstić information content (AvgIpc) is 3.45. The Bertz CT molecular complexity index is 1250. The predicted octanol–water partition coefficient (Wildman–Crippen LogP) is 5.69. The number of hydrogen-bond donors (Lipinski definition) is 1. The third-order valence-electron chi connectivity index (χ3n) is 9.37. The van der Waals surface area contributed by atoms with Gasteiger partial charge < -0.3 is 18.7 Å². The summed E-state index contributed by atoms with van der Waals surface area (Å²) in [6.45, 7) is 4.59. The van der Waals surface area contributed by atoms with E-state index in [1.165, 1.54) is 6.42 Å². The van der Waals surface area contributed by atoms with Crippen LogP contribution in [-0.2, 0) is 23.5 Å². The average molecular weight is 513 g/mol. The minimum Gasteiger partial charge on any atom is -0.436 e. The summed E-state index contributed by atoms with van der Waals surface area (Å²) in [7, 11) is 0. The number of piperidine rings is 3. The van der Waals surface area contributed by atoms with Crippen molar-refractivity contribution in [2.75, 3.05) is 19.6 Å². The Morgan fingerprint density at radius 1 is 1.00 bits per heavy atom. The monoisotopic (exact) mass is 512 g/mol. The van der Waals surface area contributed by atoms with Crippen molar-refractivity contribution in [1.29, 1.82) is 5.26 Å². The topological polar surface area (TPSA) is 79.3 Å². The van der Waals surface area contributed by atoms with Gasteiger partial charge in [0.15, 0.2) is 11.4 Å². The fourth-order valence-corrected chi connectivity index (χ4v) is 7.14. The Kier molecular flexibility index (Phi) is 7.09. The molecule has 4 aliphatic rings. The lowest BCUT2D eigenvalue weighted by atomic mass is 9.73. The zero-order chi connectivity index (χ0) is 26.0. The smallest absolute Gasteiger partial charge is 0.231 e. The van der Waals surface area contributed by atoms with Gasteiger partial charge in [0.2, 0.25) is 5.89 Å². The van der Waals surface area contributed by atoms with E-state index in [9.17, 15) is 5.11 Å². The molecule has 1 aliphatic carbocycles. The number of ether oxygens (including phenoxy) is 1. The second-order valence-corrected chi connectivity index (χ2v) is 11.7. The molecule has 0 radical (unpaired) electrons. The number of benzene rings is 2. The van der Waals surface area contributed by atoms with Crippen LogP contribution < -0.4 is 0 Å². The summed E-state index contributed by atoms with van der Waals surface area (Å²) in [5.41, 5.74) is 1.47. The van der Waals surface area contributed by atoms with Crippen LogP contribution in [0.15, 0.2) is 65.2 Å². The van der Waals surface area contributed by atoms with E-state index in [1.54, 1.807) is 0 Å². The van der Waals surface area contributed by atoms with Crippen LogP contribution in [0.4, 0.5) is 0 Å². The fourth-order valence-electron chi connectivity index (χ4n) is 7.14. The number of quaternary nitrogens is 1. The first kappa shape index (κ1) is 25.3.